The Kier molecular flexibility index (Phi) is 5.92. The molecule has 0 amide bonds. The number of nitrogens with one attached hydrogen (secondary N) is 1. The average molecular weight is 197 g/mol. The van der Waals surface area contributed by atoms with Crippen molar-refractivity contribution in [3.63, 3.8) is 0 Å². The molecule has 0 aromatic rings. The molecule has 12 heavy (non-hydrogen) atoms. The number of carboxylic acid groups (broad SMARTS) is 1. The fraction of sp³-hybridized carbons (Fsp3) is 0.800. The zero-order valence-corrected chi connectivity index (χ0v) is 7.36. The maximum absolute atomic E-state index is 10.1. The fourth-order valence-electron chi connectivity index (χ4n) is 0.895. The quantitative estimate of drug-likeness (QED) is 0.409. The molecular weight excluding hydrogens is 185 g/mol. The first-order valence-corrected chi connectivity index (χ1v) is 4.72. The number of hydrogen-bond acceptors (Lipinski definition) is 3. The van der Waals surface area contributed by atoms with Gasteiger partial charge in [-0.1, -0.05) is 0 Å². The van der Waals surface area contributed by atoms with Gasteiger partial charge >= 0.3 is 14.2 Å². The lowest BCUT2D eigenvalue weighted by atomic mass is 10.2. The molecule has 0 spiro atoms. The molecule has 1 saturated heterocycles. The summed E-state index contributed by atoms with van der Waals surface area (Å²) in [5.41, 5.74) is 0. The van der Waals surface area contributed by atoms with Crippen molar-refractivity contribution < 1.29 is 24.3 Å². The molecule has 0 bridgehead atoms. The Morgan fingerprint density at radius 3 is 2.17 bits per heavy atom. The van der Waals surface area contributed by atoms with E-state index in [0.29, 0.717) is 0 Å². The van der Waals surface area contributed by atoms with Gasteiger partial charge in [-0.3, -0.25) is 9.36 Å². The van der Waals surface area contributed by atoms with E-state index in [4.69, 9.17) is 19.5 Å². The Labute approximate surface area is 70.2 Å². The number of hydrogen-bond donors (Lipinski definition) is 4. The van der Waals surface area contributed by atoms with Crippen molar-refractivity contribution in [3.8, 4) is 0 Å². The smallest absolute Gasteiger partial charge is 0.320 e. The predicted molar refractivity (Wildman–Crippen MR) is 42.1 cm³/mol. The minimum atomic E-state index is -3.13. The Bertz CT molecular complexity index is 163. The Morgan fingerprint density at radius 2 is 2.00 bits per heavy atom. The molecule has 1 atom stereocenters. The summed E-state index contributed by atoms with van der Waals surface area (Å²) in [6.45, 7) is 0.858. The van der Waals surface area contributed by atoms with Gasteiger partial charge in [0.05, 0.1) is 0 Å². The molecule has 1 aliphatic heterocycles. The second kappa shape index (κ2) is 6.14. The van der Waals surface area contributed by atoms with E-state index in [1.54, 1.807) is 0 Å². The molecule has 6 nitrogen and oxygen atoms in total. The van der Waals surface area contributed by atoms with Crippen molar-refractivity contribution in [2.75, 3.05) is 6.54 Å². The minimum absolute atomic E-state index is 0.269. The molecule has 0 saturated carbocycles. The topological polar surface area (TPSA) is 107 Å². The molecule has 4 N–H and O–H groups in total. The zero-order valence-electron chi connectivity index (χ0n) is 6.36. The standard InChI is InChI=1S/C5H9NO2.H3O3P/c7-5(8)4-2-1-3-6-4;1-4(2)3/h4,6H,1-3H2,(H,7,8);4H,(H2,1,2,3). The van der Waals surface area contributed by atoms with Crippen LogP contribution < -0.4 is 5.32 Å². The summed E-state index contributed by atoms with van der Waals surface area (Å²) in [5, 5.41) is 11.2. The summed E-state index contributed by atoms with van der Waals surface area (Å²) in [6.07, 6.45) is 1.78. The van der Waals surface area contributed by atoms with E-state index in [0.717, 1.165) is 19.4 Å². The number of rotatable bonds is 1. The maximum Gasteiger partial charge on any atom is 0.320 e. The highest BCUT2D eigenvalue weighted by molar-refractivity contribution is 7.30. The number of aliphatic carboxylic acids is 1. The normalized spacial score (nSPS) is 21.8. The van der Waals surface area contributed by atoms with Crippen LogP contribution in [0.1, 0.15) is 12.8 Å². The van der Waals surface area contributed by atoms with E-state index in [2.05, 4.69) is 5.32 Å². The lowest BCUT2D eigenvalue weighted by molar-refractivity contribution is -0.139. The van der Waals surface area contributed by atoms with Crippen molar-refractivity contribution >= 4 is 14.2 Å². The van der Waals surface area contributed by atoms with Gasteiger partial charge in [0.15, 0.2) is 0 Å². The van der Waals surface area contributed by atoms with Crippen molar-refractivity contribution in [2.24, 2.45) is 0 Å². The largest absolute Gasteiger partial charge is 0.480 e. The lowest BCUT2D eigenvalue weighted by Crippen LogP contribution is -2.29. The van der Waals surface area contributed by atoms with Crippen LogP contribution in [0.5, 0.6) is 0 Å². The summed E-state index contributed by atoms with van der Waals surface area (Å²) in [5.74, 6) is -0.720. The molecular formula is C5H12NO5P. The molecule has 72 valence electrons. The number of carbonyl (C=O) groups is 1. The highest BCUT2D eigenvalue weighted by Crippen LogP contribution is 2.03. The van der Waals surface area contributed by atoms with Crippen LogP contribution in [-0.2, 0) is 9.36 Å². The molecule has 0 radical (unpaired) electrons. The summed E-state index contributed by atoms with van der Waals surface area (Å²) in [6, 6.07) is -0.269. The van der Waals surface area contributed by atoms with Crippen molar-refractivity contribution in [1.82, 2.24) is 5.32 Å². The van der Waals surface area contributed by atoms with Crippen molar-refractivity contribution in [2.45, 2.75) is 18.9 Å². The Balaban J connectivity index is 0.000000261. The SMILES string of the molecule is O=C(O)C1CCCN1.O=[PH](O)O. The monoisotopic (exact) mass is 197 g/mol. The van der Waals surface area contributed by atoms with Crippen LogP contribution in [0.3, 0.4) is 0 Å². The second-order valence-corrected chi connectivity index (χ2v) is 2.83. The predicted octanol–water partition coefficient (Wildman–Crippen LogP) is -0.816. The molecule has 1 aliphatic rings. The van der Waals surface area contributed by atoms with E-state index in [1.807, 2.05) is 0 Å². The van der Waals surface area contributed by atoms with Crippen LogP contribution in [0.2, 0.25) is 0 Å². The highest BCUT2D eigenvalue weighted by atomic mass is 31.1. The molecule has 7 heteroatoms. The summed E-state index contributed by atoms with van der Waals surface area (Å²) >= 11 is 0. The first-order valence-electron chi connectivity index (χ1n) is 3.42. The highest BCUT2D eigenvalue weighted by Gasteiger charge is 2.20. The lowest BCUT2D eigenvalue weighted by Gasteiger charge is -1.99. The molecule has 1 fully saturated rings. The van der Waals surface area contributed by atoms with Crippen LogP contribution in [0, 0.1) is 0 Å². The molecule has 0 aromatic heterocycles. The molecule has 1 unspecified atom stereocenters. The van der Waals surface area contributed by atoms with Crippen molar-refractivity contribution in [3.05, 3.63) is 0 Å². The third-order valence-corrected chi connectivity index (χ3v) is 1.36. The molecule has 0 aromatic carbocycles. The van der Waals surface area contributed by atoms with Crippen LogP contribution in [0.25, 0.3) is 0 Å². The van der Waals surface area contributed by atoms with Gasteiger partial charge in [0.1, 0.15) is 6.04 Å². The van der Waals surface area contributed by atoms with Crippen LogP contribution in [0.4, 0.5) is 0 Å². The first-order chi connectivity index (χ1) is 5.54. The average Bonchev–Trinajstić information content (AvgIpc) is 2.34. The number of carboxylic acids is 1. The van der Waals surface area contributed by atoms with Gasteiger partial charge in [-0.05, 0) is 19.4 Å². The first kappa shape index (κ1) is 11.6. The van der Waals surface area contributed by atoms with Gasteiger partial charge < -0.3 is 20.2 Å². The van der Waals surface area contributed by atoms with Gasteiger partial charge in [0.2, 0.25) is 0 Å². The van der Waals surface area contributed by atoms with Crippen LogP contribution in [-0.4, -0.2) is 33.4 Å². The fourth-order valence-corrected chi connectivity index (χ4v) is 0.895. The summed E-state index contributed by atoms with van der Waals surface area (Å²) in [4.78, 5) is 24.5. The molecule has 1 rings (SSSR count). The van der Waals surface area contributed by atoms with Gasteiger partial charge in [0.25, 0.3) is 0 Å². The van der Waals surface area contributed by atoms with Crippen molar-refractivity contribution in [1.29, 1.82) is 0 Å². The third kappa shape index (κ3) is 6.30. The van der Waals surface area contributed by atoms with Crippen LogP contribution >= 0.6 is 8.25 Å². The van der Waals surface area contributed by atoms with Gasteiger partial charge in [-0.2, -0.15) is 0 Å². The second-order valence-electron chi connectivity index (χ2n) is 2.27. The summed E-state index contributed by atoms with van der Waals surface area (Å²) in [7, 11) is -3.13. The van der Waals surface area contributed by atoms with E-state index in [-0.39, 0.29) is 6.04 Å². The van der Waals surface area contributed by atoms with E-state index >= 15 is 0 Å². The Morgan fingerprint density at radius 1 is 1.50 bits per heavy atom. The van der Waals surface area contributed by atoms with Crippen LogP contribution in [0.15, 0.2) is 0 Å². The maximum atomic E-state index is 10.1. The van der Waals surface area contributed by atoms with E-state index in [9.17, 15) is 4.79 Å². The molecule has 0 aliphatic carbocycles. The minimum Gasteiger partial charge on any atom is -0.480 e. The summed E-state index contributed by atoms with van der Waals surface area (Å²) < 4.78 is 8.74. The van der Waals surface area contributed by atoms with Gasteiger partial charge in [-0.15, -0.1) is 0 Å². The Hall–Kier alpha value is -0.420. The third-order valence-electron chi connectivity index (χ3n) is 1.36. The van der Waals surface area contributed by atoms with Gasteiger partial charge in [-0.25, -0.2) is 0 Å². The van der Waals surface area contributed by atoms with E-state index < -0.39 is 14.2 Å². The van der Waals surface area contributed by atoms with Gasteiger partial charge in [0, 0.05) is 0 Å². The zero-order chi connectivity index (χ0) is 9.56. The van der Waals surface area contributed by atoms with E-state index in [1.165, 1.54) is 0 Å². The molecule has 1 heterocycles.